The Bertz CT molecular complexity index is 501. The number of hydrogen-bond donors (Lipinski definition) is 0. The topological polar surface area (TPSA) is 35.0 Å². The van der Waals surface area contributed by atoms with Crippen LogP contribution in [-0.2, 0) is 6.42 Å². The van der Waals surface area contributed by atoms with Gasteiger partial charge in [-0.25, -0.2) is 9.97 Å². The van der Waals surface area contributed by atoms with Crippen LogP contribution in [0.15, 0.2) is 23.8 Å². The molecule has 17 heavy (non-hydrogen) atoms. The summed E-state index contributed by atoms with van der Waals surface area (Å²) in [6.07, 6.45) is 2.37. The van der Waals surface area contributed by atoms with Crippen molar-refractivity contribution in [3.05, 3.63) is 40.0 Å². The van der Waals surface area contributed by atoms with Gasteiger partial charge >= 0.3 is 0 Å². The van der Waals surface area contributed by atoms with E-state index in [1.165, 1.54) is 16.8 Å². The second-order valence-corrected chi connectivity index (χ2v) is 5.74. The summed E-state index contributed by atoms with van der Waals surface area (Å²) in [5, 5.41) is 2.11. The zero-order valence-electron chi connectivity index (χ0n) is 9.68. The maximum Gasteiger partial charge on any atom is 0.216 e. The lowest BCUT2D eigenvalue weighted by Crippen LogP contribution is -1.99. The molecular weight excluding hydrogens is 300 g/mol. The highest BCUT2D eigenvalue weighted by Crippen LogP contribution is 2.33. The van der Waals surface area contributed by atoms with Gasteiger partial charge in [-0.2, -0.15) is 0 Å². The van der Waals surface area contributed by atoms with E-state index in [9.17, 15) is 0 Å². The number of thiophene rings is 1. The minimum Gasteiger partial charge on any atom is -0.481 e. The predicted octanol–water partition coefficient (Wildman–Crippen LogP) is 3.53. The van der Waals surface area contributed by atoms with Gasteiger partial charge in [-0.15, -0.1) is 11.3 Å². The zero-order chi connectivity index (χ0) is 12.3. The summed E-state index contributed by atoms with van der Waals surface area (Å²) in [5.74, 6) is 0.609. The van der Waals surface area contributed by atoms with Crippen LogP contribution in [0.3, 0.4) is 0 Å². The monoisotopic (exact) mass is 312 g/mol. The van der Waals surface area contributed by atoms with E-state index in [1.54, 1.807) is 18.4 Å². The first kappa shape index (κ1) is 12.5. The molecule has 0 N–H and O–H groups in total. The quantitative estimate of drug-likeness (QED) is 0.810. The minimum absolute atomic E-state index is 0.294. The van der Waals surface area contributed by atoms with Crippen molar-refractivity contribution in [1.29, 1.82) is 0 Å². The van der Waals surface area contributed by atoms with Crippen LogP contribution >= 0.6 is 27.3 Å². The molecule has 0 bridgehead atoms. The van der Waals surface area contributed by atoms with Crippen LogP contribution in [0.2, 0.25) is 0 Å². The fraction of sp³-hybridized carbons (Fsp3) is 0.333. The summed E-state index contributed by atoms with van der Waals surface area (Å²) in [6, 6.07) is 4.01. The fourth-order valence-corrected chi connectivity index (χ4v) is 3.50. The van der Waals surface area contributed by atoms with E-state index in [0.29, 0.717) is 10.7 Å². The van der Waals surface area contributed by atoms with Crippen LogP contribution in [0.25, 0.3) is 0 Å². The van der Waals surface area contributed by atoms with Crippen molar-refractivity contribution in [3.63, 3.8) is 0 Å². The molecule has 0 aliphatic carbocycles. The lowest BCUT2D eigenvalue weighted by Gasteiger charge is -2.09. The van der Waals surface area contributed by atoms with Crippen molar-refractivity contribution in [1.82, 2.24) is 9.97 Å². The molecule has 90 valence electrons. The molecule has 5 heteroatoms. The Morgan fingerprint density at radius 1 is 1.47 bits per heavy atom. The second kappa shape index (κ2) is 5.60. The van der Waals surface area contributed by atoms with Gasteiger partial charge in [0.15, 0.2) is 0 Å². The highest BCUT2D eigenvalue weighted by atomic mass is 79.9. The van der Waals surface area contributed by atoms with Crippen molar-refractivity contribution in [2.75, 3.05) is 7.11 Å². The van der Waals surface area contributed by atoms with Gasteiger partial charge in [-0.3, -0.25) is 0 Å². The average Bonchev–Trinajstić information content (AvgIpc) is 2.76. The number of methoxy groups -OCH3 is 1. The van der Waals surface area contributed by atoms with E-state index in [0.717, 1.165) is 12.1 Å². The Morgan fingerprint density at radius 2 is 2.29 bits per heavy atom. The van der Waals surface area contributed by atoms with E-state index in [2.05, 4.69) is 44.3 Å². The molecule has 0 fully saturated rings. The second-order valence-electron chi connectivity index (χ2n) is 3.69. The standard InChI is InChI=1S/C12H13BrN2OS/c1-8-3-4-17-12(8)10(13)5-9-6-11(16-2)15-7-14-9/h3-4,6-7,10H,5H2,1-2H3. The van der Waals surface area contributed by atoms with E-state index in [4.69, 9.17) is 4.74 Å². The maximum atomic E-state index is 5.09. The third kappa shape index (κ3) is 3.04. The van der Waals surface area contributed by atoms with Gasteiger partial charge in [0, 0.05) is 23.1 Å². The molecule has 1 atom stereocenters. The van der Waals surface area contributed by atoms with E-state index in [-0.39, 0.29) is 0 Å². The molecule has 0 spiro atoms. The van der Waals surface area contributed by atoms with Gasteiger partial charge in [0.05, 0.1) is 11.9 Å². The molecule has 3 nitrogen and oxygen atoms in total. The number of rotatable bonds is 4. The van der Waals surface area contributed by atoms with Crippen LogP contribution < -0.4 is 4.74 Å². The minimum atomic E-state index is 0.294. The Labute approximate surface area is 113 Å². The van der Waals surface area contributed by atoms with Gasteiger partial charge in [0.1, 0.15) is 6.33 Å². The van der Waals surface area contributed by atoms with Crippen LogP contribution in [0, 0.1) is 6.92 Å². The van der Waals surface area contributed by atoms with E-state index in [1.807, 2.05) is 6.07 Å². The number of ether oxygens (including phenoxy) is 1. The third-order valence-corrected chi connectivity index (χ3v) is 4.70. The Morgan fingerprint density at radius 3 is 2.94 bits per heavy atom. The summed E-state index contributed by atoms with van der Waals surface area (Å²) in [4.78, 5) is 9.89. The van der Waals surface area contributed by atoms with E-state index >= 15 is 0 Å². The first-order valence-corrected chi connectivity index (χ1v) is 7.03. The number of nitrogens with zero attached hydrogens (tertiary/aromatic N) is 2. The van der Waals surface area contributed by atoms with Crippen molar-refractivity contribution < 1.29 is 4.74 Å². The van der Waals surface area contributed by atoms with Gasteiger partial charge in [0.2, 0.25) is 5.88 Å². The molecule has 0 saturated carbocycles. The van der Waals surface area contributed by atoms with Crippen LogP contribution in [-0.4, -0.2) is 17.1 Å². The fourth-order valence-electron chi connectivity index (χ4n) is 1.58. The van der Waals surface area contributed by atoms with E-state index < -0.39 is 0 Å². The van der Waals surface area contributed by atoms with Crippen molar-refractivity contribution in [2.24, 2.45) is 0 Å². The summed E-state index contributed by atoms with van der Waals surface area (Å²) in [6.45, 7) is 2.13. The molecule has 0 amide bonds. The highest BCUT2D eigenvalue weighted by molar-refractivity contribution is 9.09. The number of hydrogen-bond acceptors (Lipinski definition) is 4. The molecule has 2 rings (SSSR count). The largest absolute Gasteiger partial charge is 0.481 e. The van der Waals surface area contributed by atoms with Crippen LogP contribution in [0.1, 0.15) is 21.0 Å². The summed E-state index contributed by atoms with van der Waals surface area (Å²) >= 11 is 5.47. The van der Waals surface area contributed by atoms with Gasteiger partial charge < -0.3 is 4.74 Å². The van der Waals surface area contributed by atoms with Gasteiger partial charge in [0.25, 0.3) is 0 Å². The van der Waals surface area contributed by atoms with Crippen molar-refractivity contribution in [3.8, 4) is 5.88 Å². The first-order chi connectivity index (χ1) is 8.20. The molecule has 0 aliphatic heterocycles. The number of halogens is 1. The highest BCUT2D eigenvalue weighted by Gasteiger charge is 2.13. The molecule has 0 saturated heterocycles. The Balaban J connectivity index is 2.13. The summed E-state index contributed by atoms with van der Waals surface area (Å²) in [7, 11) is 1.61. The predicted molar refractivity (Wildman–Crippen MR) is 73.0 cm³/mol. The summed E-state index contributed by atoms with van der Waals surface area (Å²) < 4.78 is 5.09. The SMILES string of the molecule is COc1cc(CC(Br)c2sccc2C)ncn1. The lowest BCUT2D eigenvalue weighted by atomic mass is 10.1. The van der Waals surface area contributed by atoms with Crippen LogP contribution in [0.4, 0.5) is 0 Å². The zero-order valence-corrected chi connectivity index (χ0v) is 12.1. The molecule has 2 heterocycles. The molecule has 1 unspecified atom stereocenters. The molecule has 0 aliphatic rings. The van der Waals surface area contributed by atoms with Gasteiger partial charge in [-0.05, 0) is 23.9 Å². The lowest BCUT2D eigenvalue weighted by molar-refractivity contribution is 0.396. The van der Waals surface area contributed by atoms with Crippen molar-refractivity contribution in [2.45, 2.75) is 18.2 Å². The number of alkyl halides is 1. The molecular formula is C12H13BrN2OS. The van der Waals surface area contributed by atoms with Crippen LogP contribution in [0.5, 0.6) is 5.88 Å². The number of aryl methyl sites for hydroxylation is 1. The summed E-state index contributed by atoms with van der Waals surface area (Å²) in [5.41, 5.74) is 2.30. The molecule has 2 aromatic heterocycles. The smallest absolute Gasteiger partial charge is 0.216 e. The molecule has 0 radical (unpaired) electrons. The normalized spacial score (nSPS) is 12.4. The van der Waals surface area contributed by atoms with Crippen molar-refractivity contribution >= 4 is 27.3 Å². The molecule has 2 aromatic rings. The maximum absolute atomic E-state index is 5.09. The first-order valence-electron chi connectivity index (χ1n) is 5.23. The average molecular weight is 313 g/mol. The van der Waals surface area contributed by atoms with Gasteiger partial charge in [-0.1, -0.05) is 15.9 Å². The Hall–Kier alpha value is -0.940. The Kier molecular flexibility index (Phi) is 4.12. The number of aromatic nitrogens is 2. The third-order valence-electron chi connectivity index (χ3n) is 2.48. The molecule has 0 aromatic carbocycles.